The van der Waals surface area contributed by atoms with E-state index in [2.05, 4.69) is 0 Å². The van der Waals surface area contributed by atoms with Crippen LogP contribution < -0.4 is 0 Å². The van der Waals surface area contributed by atoms with Gasteiger partial charge in [-0.1, -0.05) is 0 Å². The van der Waals surface area contributed by atoms with Crippen LogP contribution in [0.15, 0.2) is 0 Å². The maximum atomic E-state index is 10.7. The predicted octanol–water partition coefficient (Wildman–Crippen LogP) is -0.245. The van der Waals surface area contributed by atoms with E-state index in [1.807, 2.05) is 0 Å². The van der Waals surface area contributed by atoms with Crippen molar-refractivity contribution < 1.29 is 19.8 Å². The van der Waals surface area contributed by atoms with E-state index in [4.69, 9.17) is 10.2 Å². The van der Waals surface area contributed by atoms with Crippen molar-refractivity contribution in [1.29, 1.82) is 0 Å². The molecule has 1 aliphatic rings. The summed E-state index contributed by atoms with van der Waals surface area (Å²) < 4.78 is 0. The Labute approximate surface area is 81.7 Å². The molecule has 1 rings (SSSR count). The van der Waals surface area contributed by atoms with E-state index in [9.17, 15) is 9.59 Å². The Morgan fingerprint density at radius 1 is 1.36 bits per heavy atom. The Morgan fingerprint density at radius 2 is 2.00 bits per heavy atom. The summed E-state index contributed by atoms with van der Waals surface area (Å²) in [4.78, 5) is 24.2. The maximum absolute atomic E-state index is 10.7. The highest BCUT2D eigenvalue weighted by molar-refractivity contribution is 5.69. The van der Waals surface area contributed by atoms with Crippen LogP contribution in [0, 0.1) is 0 Å². The molecule has 80 valence electrons. The molecule has 14 heavy (non-hydrogen) atoms. The Morgan fingerprint density at radius 3 is 2.43 bits per heavy atom. The van der Waals surface area contributed by atoms with E-state index in [1.54, 1.807) is 11.8 Å². The van der Waals surface area contributed by atoms with E-state index < -0.39 is 12.1 Å². The van der Waals surface area contributed by atoms with Gasteiger partial charge in [-0.05, 0) is 6.92 Å². The molecule has 0 aliphatic carbocycles. The molecule has 1 heterocycles. The van der Waals surface area contributed by atoms with Gasteiger partial charge in [0.1, 0.15) is 0 Å². The fourth-order valence-electron chi connectivity index (χ4n) is 1.65. The highest BCUT2D eigenvalue weighted by Gasteiger charge is 2.27. The summed E-state index contributed by atoms with van der Waals surface area (Å²) >= 11 is 0. The molecule has 0 saturated carbocycles. The van der Waals surface area contributed by atoms with Crippen LogP contribution in [-0.4, -0.2) is 64.3 Å². The molecule has 0 aromatic carbocycles. The summed E-state index contributed by atoms with van der Waals surface area (Å²) in [5.41, 5.74) is 0. The SMILES string of the molecule is CC1CN(CC(=O)O)CCN1C(=O)O. The van der Waals surface area contributed by atoms with E-state index >= 15 is 0 Å². The lowest BCUT2D eigenvalue weighted by molar-refractivity contribution is -0.138. The molecule has 1 aliphatic heterocycles. The molecule has 1 saturated heterocycles. The van der Waals surface area contributed by atoms with Crippen LogP contribution in [0.1, 0.15) is 6.92 Å². The Hall–Kier alpha value is -1.30. The Kier molecular flexibility index (Phi) is 3.29. The van der Waals surface area contributed by atoms with Crippen LogP contribution in [-0.2, 0) is 4.79 Å². The van der Waals surface area contributed by atoms with Gasteiger partial charge in [0.2, 0.25) is 0 Å². The van der Waals surface area contributed by atoms with Crippen LogP contribution in [0.4, 0.5) is 4.79 Å². The minimum Gasteiger partial charge on any atom is -0.480 e. The van der Waals surface area contributed by atoms with Gasteiger partial charge in [0.25, 0.3) is 0 Å². The van der Waals surface area contributed by atoms with Crippen LogP contribution in [0.3, 0.4) is 0 Å². The van der Waals surface area contributed by atoms with E-state index in [0.717, 1.165) is 0 Å². The third kappa shape index (κ3) is 2.59. The Balaban J connectivity index is 2.46. The van der Waals surface area contributed by atoms with Crippen LogP contribution in [0.2, 0.25) is 0 Å². The first-order valence-electron chi connectivity index (χ1n) is 4.44. The molecule has 0 bridgehead atoms. The van der Waals surface area contributed by atoms with E-state index in [-0.39, 0.29) is 12.6 Å². The number of amides is 1. The van der Waals surface area contributed by atoms with Gasteiger partial charge >= 0.3 is 12.1 Å². The van der Waals surface area contributed by atoms with Crippen molar-refractivity contribution in [3.63, 3.8) is 0 Å². The third-order valence-corrected chi connectivity index (χ3v) is 2.32. The summed E-state index contributed by atoms with van der Waals surface area (Å²) in [6.07, 6.45) is -0.938. The molecule has 6 nitrogen and oxygen atoms in total. The maximum Gasteiger partial charge on any atom is 0.407 e. The second-order valence-electron chi connectivity index (χ2n) is 3.45. The summed E-state index contributed by atoms with van der Waals surface area (Å²) in [6.45, 7) is 3.12. The summed E-state index contributed by atoms with van der Waals surface area (Å²) in [5, 5.41) is 17.3. The molecule has 1 amide bonds. The number of aliphatic carboxylic acids is 1. The van der Waals surface area contributed by atoms with Crippen molar-refractivity contribution in [1.82, 2.24) is 9.80 Å². The zero-order chi connectivity index (χ0) is 10.7. The molecule has 6 heteroatoms. The van der Waals surface area contributed by atoms with Gasteiger partial charge in [0, 0.05) is 25.7 Å². The monoisotopic (exact) mass is 202 g/mol. The molecule has 2 N–H and O–H groups in total. The predicted molar refractivity (Wildman–Crippen MR) is 48.3 cm³/mol. The fraction of sp³-hybridized carbons (Fsp3) is 0.750. The quantitative estimate of drug-likeness (QED) is 0.645. The molecule has 1 fully saturated rings. The first-order valence-corrected chi connectivity index (χ1v) is 4.44. The zero-order valence-electron chi connectivity index (χ0n) is 8.01. The van der Waals surface area contributed by atoms with Crippen molar-refractivity contribution in [3.8, 4) is 0 Å². The average molecular weight is 202 g/mol. The first kappa shape index (κ1) is 10.8. The van der Waals surface area contributed by atoms with Crippen LogP contribution in [0.5, 0.6) is 0 Å². The number of nitrogens with zero attached hydrogens (tertiary/aromatic N) is 2. The van der Waals surface area contributed by atoms with Gasteiger partial charge in [-0.3, -0.25) is 9.69 Å². The minimum absolute atomic E-state index is 0.0161. The number of piperazine rings is 1. The number of rotatable bonds is 2. The standard InChI is InChI=1S/C8H14N2O4/c1-6-4-9(5-7(11)12)2-3-10(6)8(13)14/h6H,2-5H2,1H3,(H,11,12)(H,13,14). The van der Waals surface area contributed by atoms with Crippen molar-refractivity contribution >= 4 is 12.1 Å². The average Bonchev–Trinajstić information content (AvgIpc) is 2.01. The normalized spacial score (nSPS) is 23.5. The highest BCUT2D eigenvalue weighted by Crippen LogP contribution is 2.08. The van der Waals surface area contributed by atoms with Gasteiger partial charge in [-0.25, -0.2) is 4.79 Å². The highest BCUT2D eigenvalue weighted by atomic mass is 16.4. The molecule has 0 spiro atoms. The topological polar surface area (TPSA) is 81.1 Å². The third-order valence-electron chi connectivity index (χ3n) is 2.32. The number of carboxylic acids is 1. The van der Waals surface area contributed by atoms with Crippen molar-refractivity contribution in [2.45, 2.75) is 13.0 Å². The zero-order valence-corrected chi connectivity index (χ0v) is 8.01. The first-order chi connectivity index (χ1) is 6.50. The molecule has 1 unspecified atom stereocenters. The van der Waals surface area contributed by atoms with Crippen molar-refractivity contribution in [2.24, 2.45) is 0 Å². The summed E-state index contributed by atoms with van der Waals surface area (Å²) in [7, 11) is 0. The molecular formula is C8H14N2O4. The van der Waals surface area contributed by atoms with E-state index in [1.165, 1.54) is 4.90 Å². The van der Waals surface area contributed by atoms with Gasteiger partial charge < -0.3 is 15.1 Å². The largest absolute Gasteiger partial charge is 0.480 e. The Bertz CT molecular complexity index is 243. The number of hydrogen-bond donors (Lipinski definition) is 2. The lowest BCUT2D eigenvalue weighted by atomic mass is 10.2. The van der Waals surface area contributed by atoms with Gasteiger partial charge in [-0.15, -0.1) is 0 Å². The summed E-state index contributed by atoms with van der Waals surface area (Å²) in [5.74, 6) is -0.874. The molecule has 0 aromatic heterocycles. The lowest BCUT2D eigenvalue weighted by Gasteiger charge is -2.37. The second-order valence-corrected chi connectivity index (χ2v) is 3.45. The van der Waals surface area contributed by atoms with E-state index in [0.29, 0.717) is 19.6 Å². The molecule has 0 aromatic rings. The van der Waals surface area contributed by atoms with Crippen LogP contribution in [0.25, 0.3) is 0 Å². The van der Waals surface area contributed by atoms with Crippen molar-refractivity contribution in [2.75, 3.05) is 26.2 Å². The minimum atomic E-state index is -0.938. The van der Waals surface area contributed by atoms with Gasteiger partial charge in [-0.2, -0.15) is 0 Å². The van der Waals surface area contributed by atoms with Crippen molar-refractivity contribution in [3.05, 3.63) is 0 Å². The molecular weight excluding hydrogens is 188 g/mol. The van der Waals surface area contributed by atoms with Crippen LogP contribution >= 0.6 is 0 Å². The second kappa shape index (κ2) is 4.28. The molecule has 0 radical (unpaired) electrons. The fourth-order valence-corrected chi connectivity index (χ4v) is 1.65. The lowest BCUT2D eigenvalue weighted by Crippen LogP contribution is -2.54. The number of carbonyl (C=O) groups is 2. The van der Waals surface area contributed by atoms with Gasteiger partial charge in [0.15, 0.2) is 0 Å². The molecule has 1 atom stereocenters. The summed E-state index contributed by atoms with van der Waals surface area (Å²) in [6, 6.07) is -0.138. The van der Waals surface area contributed by atoms with Gasteiger partial charge in [0.05, 0.1) is 6.54 Å². The number of hydrogen-bond acceptors (Lipinski definition) is 3. The number of carboxylic acid groups (broad SMARTS) is 2. The smallest absolute Gasteiger partial charge is 0.407 e.